The lowest BCUT2D eigenvalue weighted by molar-refractivity contribution is -0.384. The molecule has 0 spiro atoms. The molecule has 0 fully saturated rings. The molecular formula is C12H14N4O5. The Hall–Kier alpha value is -2.68. The second kappa shape index (κ2) is 6.18. The smallest absolute Gasteiger partial charge is 0.408 e. The molecule has 2 aromatic rings. The van der Waals surface area contributed by atoms with E-state index in [2.05, 4.69) is 5.32 Å². The summed E-state index contributed by atoms with van der Waals surface area (Å²) in [5, 5.41) is 13.3. The Kier molecular flexibility index (Phi) is 4.33. The van der Waals surface area contributed by atoms with Crippen LogP contribution in [0.2, 0.25) is 0 Å². The molecule has 0 saturated carbocycles. The molecule has 2 rings (SSSR count). The van der Waals surface area contributed by atoms with E-state index in [-0.39, 0.29) is 30.1 Å². The number of oxazole rings is 1. The number of rotatable bonds is 6. The molecule has 3 N–H and O–H groups in total. The molecular weight excluding hydrogens is 280 g/mol. The third kappa shape index (κ3) is 3.26. The van der Waals surface area contributed by atoms with Gasteiger partial charge in [-0.3, -0.25) is 19.5 Å². The van der Waals surface area contributed by atoms with Gasteiger partial charge in [0.15, 0.2) is 5.58 Å². The Morgan fingerprint density at radius 2 is 2.24 bits per heavy atom. The molecule has 1 aromatic carbocycles. The van der Waals surface area contributed by atoms with Gasteiger partial charge in [0.25, 0.3) is 5.69 Å². The predicted octanol–water partition coefficient (Wildman–Crippen LogP) is -0.0323. The van der Waals surface area contributed by atoms with Crippen molar-refractivity contribution >= 4 is 22.7 Å². The van der Waals surface area contributed by atoms with Crippen molar-refractivity contribution in [2.24, 2.45) is 5.73 Å². The van der Waals surface area contributed by atoms with Gasteiger partial charge in [-0.15, -0.1) is 0 Å². The fourth-order valence-electron chi connectivity index (χ4n) is 1.89. The molecule has 1 aromatic heterocycles. The van der Waals surface area contributed by atoms with Gasteiger partial charge in [0.1, 0.15) is 0 Å². The molecule has 0 bridgehead atoms. The molecule has 1 amide bonds. The van der Waals surface area contributed by atoms with Gasteiger partial charge in [0.2, 0.25) is 5.91 Å². The van der Waals surface area contributed by atoms with Crippen LogP contribution in [0.5, 0.6) is 0 Å². The molecule has 0 saturated heterocycles. The first-order valence-corrected chi connectivity index (χ1v) is 6.27. The fourth-order valence-corrected chi connectivity index (χ4v) is 1.89. The normalized spacial score (nSPS) is 10.7. The number of hydrogen-bond acceptors (Lipinski definition) is 6. The van der Waals surface area contributed by atoms with Crippen LogP contribution in [0.15, 0.2) is 27.4 Å². The number of nitrogens with one attached hydrogen (secondary N) is 1. The number of nitrogens with zero attached hydrogens (tertiary/aromatic N) is 2. The van der Waals surface area contributed by atoms with Crippen LogP contribution >= 0.6 is 0 Å². The van der Waals surface area contributed by atoms with Gasteiger partial charge in [-0.25, -0.2) is 4.79 Å². The van der Waals surface area contributed by atoms with E-state index >= 15 is 0 Å². The SMILES string of the molecule is NCCNC(=O)CCn1c(=O)oc2ccc([N+](=O)[O-])cc21. The maximum absolute atomic E-state index is 11.7. The van der Waals surface area contributed by atoms with E-state index in [0.29, 0.717) is 18.6 Å². The van der Waals surface area contributed by atoms with Crippen molar-refractivity contribution in [3.05, 3.63) is 38.9 Å². The Labute approximate surface area is 118 Å². The van der Waals surface area contributed by atoms with E-state index in [9.17, 15) is 19.7 Å². The van der Waals surface area contributed by atoms with Gasteiger partial charge in [-0.2, -0.15) is 0 Å². The van der Waals surface area contributed by atoms with Crippen LogP contribution in [0.1, 0.15) is 6.42 Å². The molecule has 0 aliphatic heterocycles. The summed E-state index contributed by atoms with van der Waals surface area (Å²) in [6.07, 6.45) is 0.0528. The predicted molar refractivity (Wildman–Crippen MR) is 73.8 cm³/mol. The zero-order valence-electron chi connectivity index (χ0n) is 11.1. The zero-order chi connectivity index (χ0) is 15.4. The number of non-ortho nitro benzene ring substituents is 1. The minimum atomic E-state index is -0.655. The number of benzene rings is 1. The number of nitro benzene ring substituents is 1. The van der Waals surface area contributed by atoms with Gasteiger partial charge < -0.3 is 15.5 Å². The van der Waals surface area contributed by atoms with E-state index in [1.807, 2.05) is 0 Å². The van der Waals surface area contributed by atoms with Crippen molar-refractivity contribution in [2.75, 3.05) is 13.1 Å². The summed E-state index contributed by atoms with van der Waals surface area (Å²) >= 11 is 0. The maximum Gasteiger partial charge on any atom is 0.419 e. The average molecular weight is 294 g/mol. The van der Waals surface area contributed by atoms with E-state index in [1.54, 1.807) is 0 Å². The van der Waals surface area contributed by atoms with Crippen molar-refractivity contribution in [3.63, 3.8) is 0 Å². The highest BCUT2D eigenvalue weighted by atomic mass is 16.6. The van der Waals surface area contributed by atoms with Gasteiger partial charge in [0.05, 0.1) is 10.4 Å². The molecule has 0 atom stereocenters. The van der Waals surface area contributed by atoms with Crippen LogP contribution in [-0.4, -0.2) is 28.5 Å². The summed E-state index contributed by atoms with van der Waals surface area (Å²) < 4.78 is 6.18. The molecule has 9 nitrogen and oxygen atoms in total. The lowest BCUT2D eigenvalue weighted by Crippen LogP contribution is -2.30. The minimum absolute atomic E-state index is 0.0528. The molecule has 0 aliphatic rings. The van der Waals surface area contributed by atoms with Crippen molar-refractivity contribution in [1.29, 1.82) is 0 Å². The second-order valence-corrected chi connectivity index (χ2v) is 4.32. The van der Waals surface area contributed by atoms with Gasteiger partial charge in [-0.05, 0) is 6.07 Å². The summed E-state index contributed by atoms with van der Waals surface area (Å²) in [6, 6.07) is 3.86. The number of fused-ring (bicyclic) bond motifs is 1. The third-order valence-electron chi connectivity index (χ3n) is 2.89. The van der Waals surface area contributed by atoms with E-state index in [4.69, 9.17) is 10.2 Å². The molecule has 0 aliphatic carbocycles. The Morgan fingerprint density at radius 1 is 1.48 bits per heavy atom. The zero-order valence-corrected chi connectivity index (χ0v) is 11.1. The van der Waals surface area contributed by atoms with Crippen molar-refractivity contribution in [1.82, 2.24) is 9.88 Å². The Bertz CT molecular complexity index is 733. The maximum atomic E-state index is 11.7. The van der Waals surface area contributed by atoms with Gasteiger partial charge in [-0.1, -0.05) is 0 Å². The third-order valence-corrected chi connectivity index (χ3v) is 2.89. The number of nitro groups is 1. The summed E-state index contributed by atoms with van der Waals surface area (Å²) in [4.78, 5) is 33.4. The monoisotopic (exact) mass is 294 g/mol. The summed E-state index contributed by atoms with van der Waals surface area (Å²) in [5.74, 6) is -0.913. The number of nitrogens with two attached hydrogens (primary N) is 1. The van der Waals surface area contributed by atoms with Crippen molar-refractivity contribution < 1.29 is 14.1 Å². The lowest BCUT2D eigenvalue weighted by atomic mass is 10.3. The van der Waals surface area contributed by atoms with Crippen LogP contribution < -0.4 is 16.8 Å². The standard InChI is InChI=1S/C12H14N4O5/c13-4-5-14-11(17)3-6-15-9-7-8(16(19)20)1-2-10(9)21-12(15)18/h1-2,7H,3-6,13H2,(H,14,17). The summed E-state index contributed by atoms with van der Waals surface area (Å²) in [6.45, 7) is 0.751. The van der Waals surface area contributed by atoms with Crippen LogP contribution in [0.3, 0.4) is 0 Å². The van der Waals surface area contributed by atoms with E-state index in [0.717, 1.165) is 0 Å². The first-order valence-electron chi connectivity index (χ1n) is 6.27. The quantitative estimate of drug-likeness (QED) is 0.567. The summed E-state index contributed by atoms with van der Waals surface area (Å²) in [5.41, 5.74) is 5.65. The first kappa shape index (κ1) is 14.7. The Morgan fingerprint density at radius 3 is 2.90 bits per heavy atom. The van der Waals surface area contributed by atoms with Gasteiger partial charge >= 0.3 is 5.76 Å². The number of hydrogen-bond donors (Lipinski definition) is 2. The van der Waals surface area contributed by atoms with E-state index in [1.165, 1.54) is 22.8 Å². The second-order valence-electron chi connectivity index (χ2n) is 4.32. The minimum Gasteiger partial charge on any atom is -0.408 e. The van der Waals surface area contributed by atoms with E-state index < -0.39 is 10.7 Å². The number of carbonyl (C=O) groups excluding carboxylic acids is 1. The largest absolute Gasteiger partial charge is 0.419 e. The lowest BCUT2D eigenvalue weighted by Gasteiger charge is -2.04. The molecule has 0 unspecified atom stereocenters. The average Bonchev–Trinajstić information content (AvgIpc) is 2.77. The number of carbonyl (C=O) groups is 1. The molecule has 0 radical (unpaired) electrons. The van der Waals surface area contributed by atoms with Crippen molar-refractivity contribution in [3.8, 4) is 0 Å². The number of aromatic nitrogens is 1. The topological polar surface area (TPSA) is 133 Å². The molecule has 112 valence electrons. The molecule has 9 heteroatoms. The fraction of sp³-hybridized carbons (Fsp3) is 0.333. The van der Waals surface area contributed by atoms with Crippen LogP contribution in [-0.2, 0) is 11.3 Å². The van der Waals surface area contributed by atoms with Crippen LogP contribution in [0.4, 0.5) is 5.69 Å². The first-order chi connectivity index (χ1) is 10.0. The highest BCUT2D eigenvalue weighted by molar-refractivity contribution is 5.77. The number of amides is 1. The highest BCUT2D eigenvalue weighted by Crippen LogP contribution is 2.20. The Balaban J connectivity index is 2.24. The van der Waals surface area contributed by atoms with Crippen LogP contribution in [0.25, 0.3) is 11.1 Å². The highest BCUT2D eigenvalue weighted by Gasteiger charge is 2.14. The molecule has 1 heterocycles. The van der Waals surface area contributed by atoms with Gasteiger partial charge in [0, 0.05) is 38.2 Å². The molecule has 21 heavy (non-hydrogen) atoms. The number of aryl methyl sites for hydroxylation is 1. The van der Waals surface area contributed by atoms with Crippen molar-refractivity contribution in [2.45, 2.75) is 13.0 Å². The van der Waals surface area contributed by atoms with Crippen LogP contribution in [0, 0.1) is 10.1 Å². The summed E-state index contributed by atoms with van der Waals surface area (Å²) in [7, 11) is 0.